The van der Waals surface area contributed by atoms with Gasteiger partial charge >= 0.3 is 5.97 Å². The molecule has 2 atom stereocenters. The number of thiophene rings is 1. The standard InChI is InChI=1S/C29H32N2O5S2/c1-28(2)15-21-16-29(3,17-28)18-31(21)38(34,35)22-12-10-20(11-13-22)26(32)30-23-14-24(19-8-6-5-7-9-19)37-25(23)27(33)36-4/h5-14,21H,15-18H2,1-4H3,(H,30,32)/t21-,29-/m0/s1. The minimum absolute atomic E-state index is 0.00845. The van der Waals surface area contributed by atoms with Crippen LogP contribution in [-0.4, -0.2) is 44.3 Å². The SMILES string of the molecule is COC(=O)c1sc(-c2ccccc2)cc1NC(=O)c1ccc(S(=O)(=O)N2C[C@@]3(C)C[C@@H]2CC(C)(C)C3)cc1. The Balaban J connectivity index is 1.36. The van der Waals surface area contributed by atoms with E-state index in [0.29, 0.717) is 17.8 Å². The molecule has 0 unspecified atom stereocenters. The van der Waals surface area contributed by atoms with Gasteiger partial charge in [-0.2, -0.15) is 4.31 Å². The summed E-state index contributed by atoms with van der Waals surface area (Å²) in [7, 11) is -2.39. The van der Waals surface area contributed by atoms with Crippen molar-refractivity contribution < 1.29 is 22.7 Å². The Morgan fingerprint density at radius 3 is 2.37 bits per heavy atom. The molecule has 1 saturated heterocycles. The van der Waals surface area contributed by atoms with Crippen LogP contribution in [0.1, 0.15) is 60.1 Å². The van der Waals surface area contributed by atoms with Crippen molar-refractivity contribution in [2.24, 2.45) is 10.8 Å². The van der Waals surface area contributed by atoms with Gasteiger partial charge in [-0.1, -0.05) is 51.1 Å². The minimum atomic E-state index is -3.69. The zero-order valence-electron chi connectivity index (χ0n) is 22.0. The molecular formula is C29H32N2O5S2. The van der Waals surface area contributed by atoms with Gasteiger partial charge in [0.25, 0.3) is 5.91 Å². The molecule has 1 aliphatic heterocycles. The Morgan fingerprint density at radius 2 is 1.71 bits per heavy atom. The number of nitrogens with zero attached hydrogens (tertiary/aromatic N) is 1. The first kappa shape index (κ1) is 26.6. The maximum Gasteiger partial charge on any atom is 0.350 e. The molecule has 9 heteroatoms. The number of ether oxygens (including phenoxy) is 1. The Hall–Kier alpha value is -3.01. The van der Waals surface area contributed by atoms with Gasteiger partial charge in [-0.15, -0.1) is 11.3 Å². The maximum atomic E-state index is 13.6. The van der Waals surface area contributed by atoms with Gasteiger partial charge in [0, 0.05) is 23.0 Å². The maximum absolute atomic E-state index is 13.6. The number of benzene rings is 2. The van der Waals surface area contributed by atoms with Gasteiger partial charge < -0.3 is 10.1 Å². The lowest BCUT2D eigenvalue weighted by Gasteiger charge is -2.39. The Bertz CT molecular complexity index is 1480. The highest BCUT2D eigenvalue weighted by Gasteiger charge is 2.53. The fourth-order valence-corrected chi connectivity index (χ4v) is 9.08. The highest BCUT2D eigenvalue weighted by molar-refractivity contribution is 7.89. The number of hydrogen-bond acceptors (Lipinski definition) is 6. The quantitative estimate of drug-likeness (QED) is 0.376. The molecule has 7 nitrogen and oxygen atoms in total. The summed E-state index contributed by atoms with van der Waals surface area (Å²) in [6.07, 6.45) is 2.73. The number of methoxy groups -OCH3 is 1. The second-order valence-electron chi connectivity index (χ2n) is 11.5. The molecule has 38 heavy (non-hydrogen) atoms. The summed E-state index contributed by atoms with van der Waals surface area (Å²) in [6, 6.07) is 17.3. The zero-order valence-corrected chi connectivity index (χ0v) is 23.6. The van der Waals surface area contributed by atoms with E-state index < -0.39 is 21.9 Å². The van der Waals surface area contributed by atoms with E-state index in [2.05, 4.69) is 26.1 Å². The molecule has 2 aliphatic rings. The van der Waals surface area contributed by atoms with Crippen molar-refractivity contribution in [1.29, 1.82) is 0 Å². The molecular weight excluding hydrogens is 520 g/mol. The summed E-state index contributed by atoms with van der Waals surface area (Å²) in [5.41, 5.74) is 1.65. The number of fused-ring (bicyclic) bond motifs is 2. The van der Waals surface area contributed by atoms with E-state index in [1.165, 1.54) is 42.7 Å². The van der Waals surface area contributed by atoms with Crippen molar-refractivity contribution >= 4 is 38.9 Å². The smallest absolute Gasteiger partial charge is 0.350 e. The van der Waals surface area contributed by atoms with Crippen LogP contribution in [-0.2, 0) is 14.8 Å². The second kappa shape index (κ2) is 9.63. The van der Waals surface area contributed by atoms with Crippen LogP contribution in [0.25, 0.3) is 10.4 Å². The number of hydrogen-bond donors (Lipinski definition) is 1. The van der Waals surface area contributed by atoms with Crippen LogP contribution in [0, 0.1) is 10.8 Å². The lowest BCUT2D eigenvalue weighted by Crippen LogP contribution is -2.37. The summed E-state index contributed by atoms with van der Waals surface area (Å²) in [4.78, 5) is 26.8. The van der Waals surface area contributed by atoms with Crippen molar-refractivity contribution in [1.82, 2.24) is 4.31 Å². The van der Waals surface area contributed by atoms with Gasteiger partial charge in [0.05, 0.1) is 17.7 Å². The van der Waals surface area contributed by atoms with E-state index in [9.17, 15) is 18.0 Å². The number of esters is 1. The molecule has 0 spiro atoms. The van der Waals surface area contributed by atoms with E-state index in [0.717, 1.165) is 29.7 Å². The summed E-state index contributed by atoms with van der Waals surface area (Å²) in [5.74, 6) is -0.982. The Labute approximate surface area is 227 Å². The van der Waals surface area contributed by atoms with E-state index in [-0.39, 0.29) is 26.6 Å². The van der Waals surface area contributed by atoms with Crippen molar-refractivity contribution in [3.63, 3.8) is 0 Å². The molecule has 2 aromatic carbocycles. The molecule has 200 valence electrons. The first-order valence-corrected chi connectivity index (χ1v) is 14.9. The number of amides is 1. The number of nitrogens with one attached hydrogen (secondary N) is 1. The van der Waals surface area contributed by atoms with Gasteiger partial charge in [-0.3, -0.25) is 4.79 Å². The van der Waals surface area contributed by atoms with Gasteiger partial charge in [0.2, 0.25) is 10.0 Å². The molecule has 3 aromatic rings. The van der Waals surface area contributed by atoms with E-state index >= 15 is 0 Å². The predicted molar refractivity (Wildman–Crippen MR) is 149 cm³/mol. The Kier molecular flexibility index (Phi) is 6.74. The van der Waals surface area contributed by atoms with Crippen LogP contribution in [0.5, 0.6) is 0 Å². The molecule has 2 heterocycles. The summed E-state index contributed by atoms with van der Waals surface area (Å²) >= 11 is 1.24. The average Bonchev–Trinajstić information content (AvgIpc) is 3.41. The minimum Gasteiger partial charge on any atom is -0.465 e. The molecule has 2 fully saturated rings. The molecule has 1 N–H and O–H groups in total. The van der Waals surface area contributed by atoms with Crippen molar-refractivity contribution in [2.45, 2.75) is 51.0 Å². The number of anilines is 1. The fourth-order valence-electron chi connectivity index (χ4n) is 6.27. The Morgan fingerprint density at radius 1 is 1.03 bits per heavy atom. The van der Waals surface area contributed by atoms with Crippen LogP contribution >= 0.6 is 11.3 Å². The molecule has 0 radical (unpaired) electrons. The number of rotatable bonds is 6. The molecule has 2 bridgehead atoms. The molecule has 1 aliphatic carbocycles. The number of carbonyl (C=O) groups excluding carboxylic acids is 2. The second-order valence-corrected chi connectivity index (χ2v) is 14.4. The van der Waals surface area contributed by atoms with Gasteiger partial charge in [0.1, 0.15) is 4.88 Å². The predicted octanol–water partition coefficient (Wildman–Crippen LogP) is 6.04. The van der Waals surface area contributed by atoms with Gasteiger partial charge in [0.15, 0.2) is 0 Å². The molecule has 1 aromatic heterocycles. The third-order valence-electron chi connectivity index (χ3n) is 7.50. The van der Waals surface area contributed by atoms with Crippen LogP contribution < -0.4 is 5.32 Å². The summed E-state index contributed by atoms with van der Waals surface area (Å²) < 4.78 is 33.7. The highest BCUT2D eigenvalue weighted by Crippen LogP contribution is 2.53. The van der Waals surface area contributed by atoms with E-state index in [1.54, 1.807) is 10.4 Å². The average molecular weight is 553 g/mol. The van der Waals surface area contributed by atoms with E-state index in [1.807, 2.05) is 30.3 Å². The van der Waals surface area contributed by atoms with Crippen molar-refractivity contribution in [3.8, 4) is 10.4 Å². The first-order valence-electron chi connectivity index (χ1n) is 12.6. The fraction of sp³-hybridized carbons (Fsp3) is 0.379. The molecule has 1 amide bonds. The highest BCUT2D eigenvalue weighted by atomic mass is 32.2. The van der Waals surface area contributed by atoms with Crippen LogP contribution in [0.15, 0.2) is 65.6 Å². The first-order chi connectivity index (χ1) is 17.9. The van der Waals surface area contributed by atoms with Crippen LogP contribution in [0.2, 0.25) is 0 Å². The number of sulfonamides is 1. The molecule has 1 saturated carbocycles. The third kappa shape index (κ3) is 5.02. The van der Waals surface area contributed by atoms with Crippen LogP contribution in [0.3, 0.4) is 0 Å². The lowest BCUT2D eigenvalue weighted by atomic mass is 9.65. The van der Waals surface area contributed by atoms with Gasteiger partial charge in [-0.25, -0.2) is 13.2 Å². The largest absolute Gasteiger partial charge is 0.465 e. The lowest BCUT2D eigenvalue weighted by molar-refractivity contribution is 0.0607. The van der Waals surface area contributed by atoms with Crippen LogP contribution in [0.4, 0.5) is 5.69 Å². The zero-order chi connectivity index (χ0) is 27.3. The monoisotopic (exact) mass is 552 g/mol. The van der Waals surface area contributed by atoms with E-state index in [4.69, 9.17) is 4.74 Å². The summed E-state index contributed by atoms with van der Waals surface area (Å²) in [6.45, 7) is 7.12. The van der Waals surface area contributed by atoms with Gasteiger partial charge in [-0.05, 0) is 66.0 Å². The normalized spacial score (nSPS) is 22.7. The topological polar surface area (TPSA) is 92.8 Å². The molecule has 5 rings (SSSR count). The van der Waals surface area contributed by atoms with Crippen molar-refractivity contribution in [3.05, 3.63) is 71.1 Å². The number of carbonyl (C=O) groups is 2. The summed E-state index contributed by atoms with van der Waals surface area (Å²) in [5, 5.41) is 2.80. The van der Waals surface area contributed by atoms with Crippen molar-refractivity contribution in [2.75, 3.05) is 19.0 Å². The third-order valence-corrected chi connectivity index (χ3v) is 10.6.